The summed E-state index contributed by atoms with van der Waals surface area (Å²) in [4.78, 5) is 53.5. The Kier molecular flexibility index (Phi) is 5.01. The van der Waals surface area contributed by atoms with Crippen molar-refractivity contribution in [1.29, 1.82) is 0 Å². The standard InChI is InChI=1S/C17H20N4O5S/c1-7(2)11(13(22)20-17(18)25)26-16(24)12-8(3)10-14(27-12)19-9-5-4-6-21(9)15(10)23/h7,11H,4-6H2,1-3H3,(H3,18,20,22,25)/t11-/m0/s1. The quantitative estimate of drug-likeness (QED) is 0.748. The first-order chi connectivity index (χ1) is 12.7. The number of imide groups is 1. The van der Waals surface area contributed by atoms with Gasteiger partial charge in [0.25, 0.3) is 11.5 Å². The smallest absolute Gasteiger partial charge is 0.349 e. The molecule has 0 bridgehead atoms. The molecule has 2 aromatic rings. The van der Waals surface area contributed by atoms with Crippen LogP contribution in [-0.4, -0.2) is 33.6 Å². The van der Waals surface area contributed by atoms with Crippen molar-refractivity contribution in [2.75, 3.05) is 0 Å². The van der Waals surface area contributed by atoms with Crippen LogP contribution in [0.25, 0.3) is 10.2 Å². The summed E-state index contributed by atoms with van der Waals surface area (Å²) in [6, 6.07) is -1.02. The molecule has 1 aliphatic rings. The number of thiophene rings is 1. The minimum atomic E-state index is -1.19. The molecule has 0 radical (unpaired) electrons. The van der Waals surface area contributed by atoms with Crippen LogP contribution in [0.2, 0.25) is 0 Å². The minimum Gasteiger partial charge on any atom is -0.448 e. The molecule has 3 rings (SSSR count). The first-order valence-corrected chi connectivity index (χ1v) is 9.36. The molecule has 0 unspecified atom stereocenters. The van der Waals surface area contributed by atoms with Gasteiger partial charge in [0.2, 0.25) is 0 Å². The number of hydrogen-bond acceptors (Lipinski definition) is 7. The summed E-state index contributed by atoms with van der Waals surface area (Å²) in [6.45, 7) is 5.63. The van der Waals surface area contributed by atoms with Crippen LogP contribution in [0.5, 0.6) is 0 Å². The van der Waals surface area contributed by atoms with Crippen molar-refractivity contribution in [1.82, 2.24) is 14.9 Å². The van der Waals surface area contributed by atoms with Crippen LogP contribution in [0, 0.1) is 12.8 Å². The normalized spacial score (nSPS) is 14.2. The van der Waals surface area contributed by atoms with Gasteiger partial charge in [-0.15, -0.1) is 11.3 Å². The molecule has 0 saturated carbocycles. The second-order valence-corrected chi connectivity index (χ2v) is 7.75. The van der Waals surface area contributed by atoms with Crippen molar-refractivity contribution < 1.29 is 19.1 Å². The molecular formula is C17H20N4O5S. The monoisotopic (exact) mass is 392 g/mol. The van der Waals surface area contributed by atoms with Gasteiger partial charge >= 0.3 is 12.0 Å². The zero-order valence-electron chi connectivity index (χ0n) is 15.2. The van der Waals surface area contributed by atoms with Crippen LogP contribution in [0.4, 0.5) is 4.79 Å². The van der Waals surface area contributed by atoms with Gasteiger partial charge in [0.1, 0.15) is 15.5 Å². The van der Waals surface area contributed by atoms with Gasteiger partial charge in [-0.05, 0) is 24.8 Å². The summed E-state index contributed by atoms with van der Waals surface area (Å²) >= 11 is 1.07. The molecule has 1 aliphatic heterocycles. The Hall–Kier alpha value is -2.75. The molecular weight excluding hydrogens is 372 g/mol. The number of aromatic nitrogens is 2. The van der Waals surface area contributed by atoms with Gasteiger partial charge in [-0.3, -0.25) is 19.5 Å². The number of ether oxygens (including phenoxy) is 1. The van der Waals surface area contributed by atoms with Crippen LogP contribution in [0.3, 0.4) is 0 Å². The van der Waals surface area contributed by atoms with E-state index in [1.54, 1.807) is 25.3 Å². The number of hydrogen-bond donors (Lipinski definition) is 2. The molecule has 1 atom stereocenters. The topological polar surface area (TPSA) is 133 Å². The lowest BCUT2D eigenvalue weighted by molar-refractivity contribution is -0.130. The van der Waals surface area contributed by atoms with E-state index in [0.717, 1.165) is 30.0 Å². The number of fused-ring (bicyclic) bond motifs is 2. The van der Waals surface area contributed by atoms with Gasteiger partial charge < -0.3 is 10.5 Å². The first kappa shape index (κ1) is 19.0. The lowest BCUT2D eigenvalue weighted by atomic mass is 10.1. The van der Waals surface area contributed by atoms with E-state index < -0.39 is 24.0 Å². The van der Waals surface area contributed by atoms with Crippen molar-refractivity contribution in [3.05, 3.63) is 26.6 Å². The van der Waals surface area contributed by atoms with Gasteiger partial charge in [0.15, 0.2) is 6.10 Å². The molecule has 27 heavy (non-hydrogen) atoms. The number of aryl methyl sites for hydroxylation is 2. The lowest BCUT2D eigenvalue weighted by Gasteiger charge is -2.19. The molecule has 2 aromatic heterocycles. The maximum absolute atomic E-state index is 12.7. The predicted octanol–water partition coefficient (Wildman–Crippen LogP) is 1.09. The Balaban J connectivity index is 1.95. The maximum atomic E-state index is 12.7. The van der Waals surface area contributed by atoms with Crippen LogP contribution in [0.15, 0.2) is 4.79 Å². The molecule has 0 aliphatic carbocycles. The average molecular weight is 392 g/mol. The second-order valence-electron chi connectivity index (χ2n) is 6.75. The molecule has 3 heterocycles. The third-order valence-electron chi connectivity index (χ3n) is 4.44. The van der Waals surface area contributed by atoms with Crippen LogP contribution in [0.1, 0.15) is 41.3 Å². The van der Waals surface area contributed by atoms with Gasteiger partial charge in [0.05, 0.1) is 5.39 Å². The average Bonchev–Trinajstić information content (AvgIpc) is 3.16. The molecule has 3 amide bonds. The molecule has 0 spiro atoms. The number of nitrogens with zero attached hydrogens (tertiary/aromatic N) is 2. The largest absolute Gasteiger partial charge is 0.448 e. The Morgan fingerprint density at radius 2 is 2.04 bits per heavy atom. The van der Waals surface area contributed by atoms with E-state index in [4.69, 9.17) is 10.5 Å². The highest BCUT2D eigenvalue weighted by Crippen LogP contribution is 2.29. The first-order valence-electron chi connectivity index (χ1n) is 8.54. The second kappa shape index (κ2) is 7.10. The van der Waals surface area contributed by atoms with E-state index in [2.05, 4.69) is 4.98 Å². The summed E-state index contributed by atoms with van der Waals surface area (Å²) in [5, 5.41) is 2.32. The Morgan fingerprint density at radius 3 is 2.67 bits per heavy atom. The van der Waals surface area contributed by atoms with E-state index in [1.165, 1.54) is 0 Å². The van der Waals surface area contributed by atoms with E-state index in [9.17, 15) is 19.2 Å². The molecule has 0 fully saturated rings. The number of primary amides is 1. The van der Waals surface area contributed by atoms with E-state index >= 15 is 0 Å². The van der Waals surface area contributed by atoms with Gasteiger partial charge in [-0.25, -0.2) is 14.6 Å². The Bertz CT molecular complexity index is 1010. The van der Waals surface area contributed by atoms with Crippen molar-refractivity contribution in [2.45, 2.75) is 46.3 Å². The van der Waals surface area contributed by atoms with Gasteiger partial charge in [-0.2, -0.15) is 0 Å². The highest BCUT2D eigenvalue weighted by atomic mass is 32.1. The maximum Gasteiger partial charge on any atom is 0.349 e. The van der Waals surface area contributed by atoms with Crippen LogP contribution >= 0.6 is 11.3 Å². The molecule has 0 aromatic carbocycles. The highest BCUT2D eigenvalue weighted by Gasteiger charge is 2.30. The number of nitrogens with one attached hydrogen (secondary N) is 1. The summed E-state index contributed by atoms with van der Waals surface area (Å²) in [6.07, 6.45) is 0.414. The van der Waals surface area contributed by atoms with E-state index in [-0.39, 0.29) is 16.4 Å². The summed E-state index contributed by atoms with van der Waals surface area (Å²) < 4.78 is 6.96. The molecule has 144 valence electrons. The fourth-order valence-corrected chi connectivity index (χ4v) is 4.20. The SMILES string of the molecule is Cc1c(C(=O)O[C@H](C(=O)NC(N)=O)C(C)C)sc2nc3n(c(=O)c12)CCC3. The Morgan fingerprint density at radius 1 is 1.33 bits per heavy atom. The minimum absolute atomic E-state index is 0.160. The van der Waals surface area contributed by atoms with Gasteiger partial charge in [-0.1, -0.05) is 13.8 Å². The summed E-state index contributed by atoms with van der Waals surface area (Å²) in [5.74, 6) is -1.19. The number of carbonyl (C=O) groups excluding carboxylic acids is 3. The number of urea groups is 1. The number of rotatable bonds is 4. The van der Waals surface area contributed by atoms with Crippen molar-refractivity contribution >= 4 is 39.5 Å². The molecule has 0 saturated heterocycles. The summed E-state index contributed by atoms with van der Waals surface area (Å²) in [7, 11) is 0. The highest BCUT2D eigenvalue weighted by molar-refractivity contribution is 7.20. The molecule has 10 heteroatoms. The van der Waals surface area contributed by atoms with Crippen LogP contribution < -0.4 is 16.6 Å². The van der Waals surface area contributed by atoms with E-state index in [1.807, 2.05) is 5.32 Å². The molecule has 9 nitrogen and oxygen atoms in total. The fourth-order valence-electron chi connectivity index (χ4n) is 3.12. The molecule has 3 N–H and O–H groups in total. The lowest BCUT2D eigenvalue weighted by Crippen LogP contribution is -2.45. The number of nitrogens with two attached hydrogens (primary N) is 1. The fraction of sp³-hybridized carbons (Fsp3) is 0.471. The third kappa shape index (κ3) is 3.44. The zero-order chi connectivity index (χ0) is 19.9. The Labute approximate surface area is 158 Å². The number of carbonyl (C=O) groups is 3. The number of amides is 3. The van der Waals surface area contributed by atoms with E-state index in [0.29, 0.717) is 22.3 Å². The predicted molar refractivity (Wildman–Crippen MR) is 98.7 cm³/mol. The summed E-state index contributed by atoms with van der Waals surface area (Å²) in [5.41, 5.74) is 5.28. The van der Waals surface area contributed by atoms with Crippen molar-refractivity contribution in [2.24, 2.45) is 11.7 Å². The van der Waals surface area contributed by atoms with Crippen LogP contribution in [-0.2, 0) is 22.5 Å². The van der Waals surface area contributed by atoms with Gasteiger partial charge in [0, 0.05) is 13.0 Å². The zero-order valence-corrected chi connectivity index (χ0v) is 16.0. The van der Waals surface area contributed by atoms with Crippen molar-refractivity contribution in [3.63, 3.8) is 0 Å². The number of esters is 1. The van der Waals surface area contributed by atoms with Crippen molar-refractivity contribution in [3.8, 4) is 0 Å². The third-order valence-corrected chi connectivity index (χ3v) is 5.61.